The predicted molar refractivity (Wildman–Crippen MR) is 74.6 cm³/mol. The van der Waals surface area contributed by atoms with Crippen molar-refractivity contribution in [2.45, 2.75) is 39.0 Å². The molecule has 0 heterocycles. The highest BCUT2D eigenvalue weighted by Gasteiger charge is 2.26. The quantitative estimate of drug-likeness (QED) is 0.828. The van der Waals surface area contributed by atoms with Crippen molar-refractivity contribution in [3.05, 3.63) is 47.2 Å². The molecule has 2 rings (SSSR count). The van der Waals surface area contributed by atoms with Gasteiger partial charge in [-0.3, -0.25) is 9.59 Å². The zero-order valence-corrected chi connectivity index (χ0v) is 11.4. The number of hydrogen-bond acceptors (Lipinski definition) is 2. The molecular formula is C16H19NO2. The number of rotatable bonds is 2. The van der Waals surface area contributed by atoms with Gasteiger partial charge in [-0.05, 0) is 31.2 Å². The molecule has 3 heteroatoms. The molecule has 3 nitrogen and oxygen atoms in total. The van der Waals surface area contributed by atoms with Crippen molar-refractivity contribution in [3.8, 4) is 0 Å². The van der Waals surface area contributed by atoms with E-state index in [2.05, 4.69) is 17.4 Å². The van der Waals surface area contributed by atoms with Crippen molar-refractivity contribution >= 4 is 11.7 Å². The lowest BCUT2D eigenvalue weighted by atomic mass is 9.80. The van der Waals surface area contributed by atoms with E-state index in [9.17, 15) is 9.59 Å². The summed E-state index contributed by atoms with van der Waals surface area (Å²) in [5.74, 6) is 0.344. The van der Waals surface area contributed by atoms with Crippen LogP contribution in [-0.2, 0) is 9.59 Å². The number of amides is 1. The summed E-state index contributed by atoms with van der Waals surface area (Å²) in [4.78, 5) is 23.2. The van der Waals surface area contributed by atoms with Gasteiger partial charge < -0.3 is 5.32 Å². The molecule has 0 radical (unpaired) electrons. The minimum Gasteiger partial charge on any atom is -0.330 e. The normalized spacial score (nSPS) is 22.0. The summed E-state index contributed by atoms with van der Waals surface area (Å²) in [5, 5.41) is 2.72. The van der Waals surface area contributed by atoms with E-state index >= 15 is 0 Å². The molecule has 1 fully saturated rings. The lowest BCUT2D eigenvalue weighted by Gasteiger charge is -2.24. The molecule has 0 aromatic heterocycles. The minimum atomic E-state index is -0.122. The van der Waals surface area contributed by atoms with E-state index in [1.807, 2.05) is 18.2 Å². The maximum atomic E-state index is 12.2. The Morgan fingerprint density at radius 3 is 2.47 bits per heavy atom. The van der Waals surface area contributed by atoms with E-state index in [4.69, 9.17) is 0 Å². The molecule has 1 N–H and O–H groups in total. The Bertz CT molecular complexity index is 517. The van der Waals surface area contributed by atoms with Crippen molar-refractivity contribution in [1.82, 2.24) is 5.32 Å². The molecule has 0 saturated heterocycles. The first kappa shape index (κ1) is 13.5. The van der Waals surface area contributed by atoms with Gasteiger partial charge in [0, 0.05) is 24.6 Å². The van der Waals surface area contributed by atoms with Crippen molar-refractivity contribution in [1.29, 1.82) is 0 Å². The summed E-state index contributed by atoms with van der Waals surface area (Å²) in [6.07, 6.45) is 2.24. The summed E-state index contributed by atoms with van der Waals surface area (Å²) in [7, 11) is 0. The predicted octanol–water partition coefficient (Wildman–Crippen LogP) is 2.93. The smallest absolute Gasteiger partial charge is 0.220 e. The Kier molecular flexibility index (Phi) is 4.15. The van der Waals surface area contributed by atoms with Crippen LogP contribution < -0.4 is 5.32 Å². The van der Waals surface area contributed by atoms with E-state index in [1.54, 1.807) is 6.92 Å². The summed E-state index contributed by atoms with van der Waals surface area (Å²) >= 11 is 0. The molecule has 0 spiro atoms. The van der Waals surface area contributed by atoms with E-state index < -0.39 is 0 Å². The van der Waals surface area contributed by atoms with Crippen LogP contribution in [0.3, 0.4) is 0 Å². The van der Waals surface area contributed by atoms with Gasteiger partial charge in [-0.1, -0.05) is 30.3 Å². The molecule has 100 valence electrons. The highest BCUT2D eigenvalue weighted by molar-refractivity contribution is 5.97. The van der Waals surface area contributed by atoms with Gasteiger partial charge in [-0.25, -0.2) is 0 Å². The molecule has 0 bridgehead atoms. The molecule has 1 aromatic carbocycles. The first-order valence-corrected chi connectivity index (χ1v) is 6.63. The number of carbonyl (C=O) groups excluding carboxylic acids is 2. The van der Waals surface area contributed by atoms with Gasteiger partial charge in [0.05, 0.1) is 0 Å². The van der Waals surface area contributed by atoms with Crippen LogP contribution >= 0.6 is 0 Å². The van der Waals surface area contributed by atoms with Crippen LogP contribution in [0.25, 0.3) is 0 Å². The second-order valence-electron chi connectivity index (χ2n) is 5.06. The van der Waals surface area contributed by atoms with Crippen LogP contribution in [0.1, 0.15) is 44.6 Å². The van der Waals surface area contributed by atoms with Gasteiger partial charge in [0.25, 0.3) is 0 Å². The van der Waals surface area contributed by atoms with E-state index in [0.717, 1.165) is 18.4 Å². The van der Waals surface area contributed by atoms with E-state index in [0.29, 0.717) is 18.0 Å². The monoisotopic (exact) mass is 257 g/mol. The summed E-state index contributed by atoms with van der Waals surface area (Å²) < 4.78 is 0. The van der Waals surface area contributed by atoms with Gasteiger partial charge in [0.15, 0.2) is 5.78 Å². The summed E-state index contributed by atoms with van der Waals surface area (Å²) in [6, 6.07) is 10.2. The Morgan fingerprint density at radius 2 is 1.89 bits per heavy atom. The Labute approximate surface area is 113 Å². The number of nitrogens with one attached hydrogen (secondary N) is 1. The molecule has 0 unspecified atom stereocenters. The molecule has 1 atom stereocenters. The lowest BCUT2D eigenvalue weighted by molar-refractivity contribution is -0.118. The van der Waals surface area contributed by atoms with Crippen LogP contribution in [0.4, 0.5) is 0 Å². The van der Waals surface area contributed by atoms with Crippen LogP contribution in [0.2, 0.25) is 0 Å². The molecule has 1 aromatic rings. The van der Waals surface area contributed by atoms with Crippen LogP contribution in [0.15, 0.2) is 41.6 Å². The maximum absolute atomic E-state index is 12.2. The van der Waals surface area contributed by atoms with Gasteiger partial charge in [-0.15, -0.1) is 0 Å². The van der Waals surface area contributed by atoms with Crippen molar-refractivity contribution in [3.63, 3.8) is 0 Å². The van der Waals surface area contributed by atoms with Gasteiger partial charge >= 0.3 is 0 Å². The molecule has 1 amide bonds. The summed E-state index contributed by atoms with van der Waals surface area (Å²) in [6.45, 7) is 3.27. The average molecular weight is 257 g/mol. The Morgan fingerprint density at radius 1 is 1.21 bits per heavy atom. The third-order valence-corrected chi connectivity index (χ3v) is 3.60. The topological polar surface area (TPSA) is 46.2 Å². The van der Waals surface area contributed by atoms with Crippen molar-refractivity contribution < 1.29 is 9.59 Å². The maximum Gasteiger partial charge on any atom is 0.220 e. The Hall–Kier alpha value is -1.90. The fourth-order valence-corrected chi connectivity index (χ4v) is 2.65. The van der Waals surface area contributed by atoms with E-state index in [1.165, 1.54) is 12.5 Å². The fraction of sp³-hybridized carbons (Fsp3) is 0.375. The van der Waals surface area contributed by atoms with Crippen molar-refractivity contribution in [2.75, 3.05) is 0 Å². The minimum absolute atomic E-state index is 0.122. The molecule has 19 heavy (non-hydrogen) atoms. The van der Waals surface area contributed by atoms with Crippen LogP contribution in [0.5, 0.6) is 0 Å². The number of allylic oxidation sites excluding steroid dienone is 2. The number of ketones is 1. The second kappa shape index (κ2) is 5.83. The molecular weight excluding hydrogens is 238 g/mol. The third-order valence-electron chi connectivity index (χ3n) is 3.60. The third kappa shape index (κ3) is 3.31. The standard InChI is InChI=1S/C16H19NO2/c1-11(17-12(2)18)15-9-8-14(10-16(15)19)13-6-4-3-5-7-13/h3-7,14H,8-10H2,1-2H3,(H,17,18)/b15-11+/t14-/m1/s1. The van der Waals surface area contributed by atoms with Crippen LogP contribution in [0, 0.1) is 0 Å². The van der Waals surface area contributed by atoms with Crippen molar-refractivity contribution in [2.24, 2.45) is 0 Å². The number of benzene rings is 1. The zero-order chi connectivity index (χ0) is 13.8. The second-order valence-corrected chi connectivity index (χ2v) is 5.06. The van der Waals surface area contributed by atoms with E-state index in [-0.39, 0.29) is 11.7 Å². The fourth-order valence-electron chi connectivity index (χ4n) is 2.65. The molecule has 0 aliphatic heterocycles. The van der Waals surface area contributed by atoms with Gasteiger partial charge in [0.2, 0.25) is 5.91 Å². The number of hydrogen-bond donors (Lipinski definition) is 1. The number of Topliss-reactive ketones (excluding diaryl/α,β-unsaturated/α-hetero) is 1. The highest BCUT2D eigenvalue weighted by atomic mass is 16.1. The van der Waals surface area contributed by atoms with Gasteiger partial charge in [0.1, 0.15) is 0 Å². The SMILES string of the molecule is CC(=O)N/C(C)=C1\CC[C@@H](c2ccccc2)CC1=O. The largest absolute Gasteiger partial charge is 0.330 e. The van der Waals surface area contributed by atoms with Gasteiger partial charge in [-0.2, -0.15) is 0 Å². The highest BCUT2D eigenvalue weighted by Crippen LogP contribution is 2.34. The summed E-state index contributed by atoms with van der Waals surface area (Å²) in [5.41, 5.74) is 2.72. The molecule has 1 saturated carbocycles. The first-order valence-electron chi connectivity index (χ1n) is 6.63. The molecule has 1 aliphatic carbocycles. The molecule has 1 aliphatic rings. The number of carbonyl (C=O) groups is 2. The lowest BCUT2D eigenvalue weighted by Crippen LogP contribution is -2.24. The zero-order valence-electron chi connectivity index (χ0n) is 11.4. The first-order chi connectivity index (χ1) is 9.08. The average Bonchev–Trinajstić information content (AvgIpc) is 2.38. The van der Waals surface area contributed by atoms with Crippen LogP contribution in [-0.4, -0.2) is 11.7 Å². The Balaban J connectivity index is 2.11.